The molecule has 8 heteroatoms. The third-order valence-electron chi connectivity index (χ3n) is 4.24. The summed E-state index contributed by atoms with van der Waals surface area (Å²) in [5.74, 6) is 0. The van der Waals surface area contributed by atoms with Gasteiger partial charge in [0.05, 0.1) is 16.7 Å². The molecule has 1 aliphatic rings. The molecule has 1 heterocycles. The molecule has 1 unspecified atom stereocenters. The number of fused-ring (bicyclic) bond motifs is 1. The molecule has 0 spiro atoms. The van der Waals surface area contributed by atoms with Crippen molar-refractivity contribution < 1.29 is 9.72 Å². The van der Waals surface area contributed by atoms with Crippen LogP contribution < -0.4 is 5.32 Å². The zero-order valence-corrected chi connectivity index (χ0v) is 15.0. The second-order valence-electron chi connectivity index (χ2n) is 6.01. The number of nitrogens with zero attached hydrogens (tertiary/aromatic N) is 3. The zero-order chi connectivity index (χ0) is 18.8. The molecule has 0 fully saturated rings. The van der Waals surface area contributed by atoms with Gasteiger partial charge in [0.25, 0.3) is 5.69 Å². The number of halogens is 1. The van der Waals surface area contributed by atoms with E-state index in [1.807, 2.05) is 19.1 Å². The van der Waals surface area contributed by atoms with Gasteiger partial charge in [-0.05, 0) is 43.2 Å². The molecule has 26 heavy (non-hydrogen) atoms. The van der Waals surface area contributed by atoms with Crippen LogP contribution in [0.4, 0.5) is 10.5 Å². The molecule has 1 atom stereocenters. The van der Waals surface area contributed by atoms with E-state index in [2.05, 4.69) is 10.4 Å². The van der Waals surface area contributed by atoms with Crippen LogP contribution in [0.1, 0.15) is 23.6 Å². The number of amides is 2. The lowest BCUT2D eigenvalue weighted by Gasteiger charge is -2.22. The van der Waals surface area contributed by atoms with Crippen LogP contribution in [-0.4, -0.2) is 34.8 Å². The smallest absolute Gasteiger partial charge is 0.337 e. The minimum Gasteiger partial charge on any atom is -0.340 e. The van der Waals surface area contributed by atoms with Gasteiger partial charge in [0.2, 0.25) is 0 Å². The summed E-state index contributed by atoms with van der Waals surface area (Å²) in [6.07, 6.45) is 0.587. The molecular formula is C18H17ClN4O3. The van der Waals surface area contributed by atoms with Gasteiger partial charge < -0.3 is 5.32 Å². The summed E-state index contributed by atoms with van der Waals surface area (Å²) in [6, 6.07) is 11.1. The number of hydrogen-bond acceptors (Lipinski definition) is 4. The van der Waals surface area contributed by atoms with Gasteiger partial charge in [-0.3, -0.25) is 10.1 Å². The highest BCUT2D eigenvalue weighted by atomic mass is 35.5. The highest BCUT2D eigenvalue weighted by Gasteiger charge is 2.27. The van der Waals surface area contributed by atoms with E-state index in [-0.39, 0.29) is 17.8 Å². The Labute approximate surface area is 155 Å². The van der Waals surface area contributed by atoms with Crippen molar-refractivity contribution in [3.63, 3.8) is 0 Å². The lowest BCUT2D eigenvalue weighted by molar-refractivity contribution is -0.384. The zero-order valence-electron chi connectivity index (χ0n) is 14.3. The van der Waals surface area contributed by atoms with Crippen LogP contribution >= 0.6 is 11.6 Å². The lowest BCUT2D eigenvalue weighted by atomic mass is 9.95. The first-order chi connectivity index (χ1) is 12.4. The topological polar surface area (TPSA) is 87.8 Å². The Bertz CT molecular complexity index is 896. The van der Waals surface area contributed by atoms with E-state index in [1.54, 1.807) is 25.2 Å². The van der Waals surface area contributed by atoms with Crippen molar-refractivity contribution in [2.75, 3.05) is 7.05 Å². The summed E-state index contributed by atoms with van der Waals surface area (Å²) in [7, 11) is 1.55. The molecule has 0 aromatic heterocycles. The van der Waals surface area contributed by atoms with Gasteiger partial charge in [-0.2, -0.15) is 5.10 Å². The quantitative estimate of drug-likeness (QED) is 0.645. The molecule has 134 valence electrons. The molecule has 1 N–H and O–H groups in total. The highest BCUT2D eigenvalue weighted by molar-refractivity contribution is 6.31. The number of nitrogens with one attached hydrogen (secondary N) is 1. The predicted octanol–water partition coefficient (Wildman–Crippen LogP) is 3.59. The van der Waals surface area contributed by atoms with E-state index < -0.39 is 4.92 Å². The first kappa shape index (κ1) is 17.9. The molecule has 7 nitrogen and oxygen atoms in total. The Morgan fingerprint density at radius 2 is 2.00 bits per heavy atom. The number of carbonyl (C=O) groups excluding carboxylic acids is 1. The molecule has 0 radical (unpaired) electrons. The average Bonchev–Trinajstić information content (AvgIpc) is 2.76. The number of urea groups is 1. The van der Waals surface area contributed by atoms with Crippen LogP contribution in [0.25, 0.3) is 0 Å². The summed E-state index contributed by atoms with van der Waals surface area (Å²) in [5.41, 5.74) is 3.06. The summed E-state index contributed by atoms with van der Waals surface area (Å²) >= 11 is 6.15. The maximum Gasteiger partial charge on any atom is 0.337 e. The fourth-order valence-corrected chi connectivity index (χ4v) is 3.14. The van der Waals surface area contributed by atoms with E-state index in [9.17, 15) is 14.9 Å². The second kappa shape index (κ2) is 7.13. The van der Waals surface area contributed by atoms with E-state index in [0.29, 0.717) is 22.7 Å². The Morgan fingerprint density at radius 3 is 2.62 bits per heavy atom. The molecule has 3 rings (SSSR count). The molecule has 1 aliphatic heterocycles. The average molecular weight is 373 g/mol. The van der Waals surface area contributed by atoms with Gasteiger partial charge in [-0.15, -0.1) is 0 Å². The van der Waals surface area contributed by atoms with Gasteiger partial charge in [0, 0.05) is 35.3 Å². The van der Waals surface area contributed by atoms with Crippen molar-refractivity contribution in [3.8, 4) is 0 Å². The maximum absolute atomic E-state index is 12.3. The van der Waals surface area contributed by atoms with Crippen LogP contribution in [0.15, 0.2) is 47.6 Å². The molecule has 0 saturated carbocycles. The van der Waals surface area contributed by atoms with Gasteiger partial charge in [-0.25, -0.2) is 9.80 Å². The lowest BCUT2D eigenvalue weighted by Crippen LogP contribution is -2.41. The maximum atomic E-state index is 12.3. The van der Waals surface area contributed by atoms with Crippen molar-refractivity contribution in [2.24, 2.45) is 5.10 Å². The number of nitro groups is 1. The predicted molar refractivity (Wildman–Crippen MR) is 99.6 cm³/mol. The van der Waals surface area contributed by atoms with E-state index >= 15 is 0 Å². The summed E-state index contributed by atoms with van der Waals surface area (Å²) in [6.45, 7) is 1.90. The Kier molecular flexibility index (Phi) is 4.90. The number of hydrogen-bond donors (Lipinski definition) is 1. The van der Waals surface area contributed by atoms with Crippen LogP contribution in [0, 0.1) is 10.1 Å². The molecule has 2 aromatic rings. The molecule has 2 amide bonds. The number of hydrazone groups is 1. The standard InChI is InChI=1S/C18H17ClN4O3/c1-11-9-13-10-14(19)5-8-16(13)17(21-22(11)18(24)20-2)12-3-6-15(7-4-12)23(25)26/h3-8,10-11H,9H2,1-2H3,(H,20,24). The second-order valence-corrected chi connectivity index (χ2v) is 6.44. The van der Waals surface area contributed by atoms with Gasteiger partial charge in [-0.1, -0.05) is 17.7 Å². The number of rotatable bonds is 2. The highest BCUT2D eigenvalue weighted by Crippen LogP contribution is 2.27. The number of nitro benzene ring substituents is 1. The van der Waals surface area contributed by atoms with Gasteiger partial charge in [0.1, 0.15) is 0 Å². The molecular weight excluding hydrogens is 356 g/mol. The number of non-ortho nitro benzene ring substituents is 1. The fourth-order valence-electron chi connectivity index (χ4n) is 2.94. The van der Waals surface area contributed by atoms with Crippen LogP contribution in [0.2, 0.25) is 5.02 Å². The number of carbonyl (C=O) groups is 1. The van der Waals surface area contributed by atoms with Crippen molar-refractivity contribution >= 4 is 29.0 Å². The molecule has 2 aromatic carbocycles. The van der Waals surface area contributed by atoms with Gasteiger partial charge >= 0.3 is 6.03 Å². The van der Waals surface area contributed by atoms with Gasteiger partial charge in [0.15, 0.2) is 0 Å². The third kappa shape index (κ3) is 3.39. The Morgan fingerprint density at radius 1 is 1.31 bits per heavy atom. The SMILES string of the molecule is CNC(=O)N1N=C(c2ccc([N+](=O)[O-])cc2)c2ccc(Cl)cc2CC1C. The molecule has 0 saturated heterocycles. The summed E-state index contributed by atoms with van der Waals surface area (Å²) in [5, 5.41) is 20.1. The van der Waals surface area contributed by atoms with Crippen molar-refractivity contribution in [1.82, 2.24) is 10.3 Å². The number of benzene rings is 2. The Hall–Kier alpha value is -2.93. The van der Waals surface area contributed by atoms with E-state index in [0.717, 1.165) is 11.1 Å². The van der Waals surface area contributed by atoms with Crippen molar-refractivity contribution in [3.05, 3.63) is 74.3 Å². The normalized spacial score (nSPS) is 16.3. The molecule has 0 aliphatic carbocycles. The monoisotopic (exact) mass is 372 g/mol. The van der Waals surface area contributed by atoms with Crippen LogP contribution in [0.3, 0.4) is 0 Å². The van der Waals surface area contributed by atoms with E-state index in [1.165, 1.54) is 17.1 Å². The first-order valence-electron chi connectivity index (χ1n) is 8.04. The van der Waals surface area contributed by atoms with Crippen LogP contribution in [-0.2, 0) is 6.42 Å². The molecule has 0 bridgehead atoms. The minimum absolute atomic E-state index is 0.00386. The van der Waals surface area contributed by atoms with Crippen molar-refractivity contribution in [1.29, 1.82) is 0 Å². The first-order valence-corrected chi connectivity index (χ1v) is 8.41. The minimum atomic E-state index is -0.453. The van der Waals surface area contributed by atoms with E-state index in [4.69, 9.17) is 11.6 Å². The van der Waals surface area contributed by atoms with Crippen molar-refractivity contribution in [2.45, 2.75) is 19.4 Å². The Balaban J connectivity index is 2.16. The van der Waals surface area contributed by atoms with Crippen LogP contribution in [0.5, 0.6) is 0 Å². The summed E-state index contributed by atoms with van der Waals surface area (Å²) < 4.78 is 0. The summed E-state index contributed by atoms with van der Waals surface area (Å²) in [4.78, 5) is 22.7. The largest absolute Gasteiger partial charge is 0.340 e. The third-order valence-corrected chi connectivity index (χ3v) is 4.47. The fraction of sp³-hybridized carbons (Fsp3) is 0.222.